The fraction of sp³-hybridized carbons (Fsp3) is 0.500. The first-order valence-electron chi connectivity index (χ1n) is 6.37. The minimum atomic E-state index is 0.0368. The van der Waals surface area contributed by atoms with Crippen LogP contribution in [0.2, 0.25) is 0 Å². The van der Waals surface area contributed by atoms with Gasteiger partial charge in [0.2, 0.25) is 0 Å². The van der Waals surface area contributed by atoms with Crippen LogP contribution in [0.4, 0.5) is 0 Å². The van der Waals surface area contributed by atoms with E-state index < -0.39 is 0 Å². The monoisotopic (exact) mass is 232 g/mol. The maximum atomic E-state index is 12.0. The zero-order valence-electron chi connectivity index (χ0n) is 10.1. The highest BCUT2D eigenvalue weighted by Crippen LogP contribution is 2.31. The first-order chi connectivity index (χ1) is 8.31. The molecule has 0 aromatic heterocycles. The van der Waals surface area contributed by atoms with E-state index in [1.54, 1.807) is 0 Å². The SMILES string of the molecule is NCCc1ccccc1C(=O)NCCC1CC1. The zero-order valence-corrected chi connectivity index (χ0v) is 10.1. The molecular weight excluding hydrogens is 212 g/mol. The van der Waals surface area contributed by atoms with E-state index in [9.17, 15) is 4.79 Å². The Kier molecular flexibility index (Phi) is 4.15. The van der Waals surface area contributed by atoms with Gasteiger partial charge in [0.05, 0.1) is 0 Å². The maximum Gasteiger partial charge on any atom is 0.251 e. The van der Waals surface area contributed by atoms with Crippen LogP contribution in [0.15, 0.2) is 24.3 Å². The highest BCUT2D eigenvalue weighted by atomic mass is 16.1. The van der Waals surface area contributed by atoms with Gasteiger partial charge in [0.1, 0.15) is 0 Å². The number of carbonyl (C=O) groups excluding carboxylic acids is 1. The van der Waals surface area contributed by atoms with Gasteiger partial charge in [-0.05, 0) is 36.9 Å². The summed E-state index contributed by atoms with van der Waals surface area (Å²) < 4.78 is 0. The third-order valence-corrected chi connectivity index (χ3v) is 3.21. The van der Waals surface area contributed by atoms with Crippen molar-refractivity contribution in [3.05, 3.63) is 35.4 Å². The molecule has 0 heterocycles. The van der Waals surface area contributed by atoms with Crippen LogP contribution < -0.4 is 11.1 Å². The van der Waals surface area contributed by atoms with Gasteiger partial charge in [0.25, 0.3) is 5.91 Å². The summed E-state index contributed by atoms with van der Waals surface area (Å²) in [6.07, 6.45) is 4.54. The first-order valence-corrected chi connectivity index (χ1v) is 6.37. The summed E-state index contributed by atoms with van der Waals surface area (Å²) in [5, 5.41) is 2.99. The lowest BCUT2D eigenvalue weighted by Gasteiger charge is -2.09. The van der Waals surface area contributed by atoms with Crippen LogP contribution in [0.5, 0.6) is 0 Å². The number of nitrogens with one attached hydrogen (secondary N) is 1. The highest BCUT2D eigenvalue weighted by Gasteiger charge is 2.20. The Labute approximate surface area is 102 Å². The molecule has 0 spiro atoms. The molecule has 0 atom stereocenters. The number of carbonyl (C=O) groups is 1. The van der Waals surface area contributed by atoms with Gasteiger partial charge in [-0.1, -0.05) is 31.0 Å². The summed E-state index contributed by atoms with van der Waals surface area (Å²) in [6.45, 7) is 1.37. The summed E-state index contributed by atoms with van der Waals surface area (Å²) >= 11 is 0. The number of amides is 1. The predicted octanol–water partition coefficient (Wildman–Crippen LogP) is 1.72. The van der Waals surface area contributed by atoms with Gasteiger partial charge < -0.3 is 11.1 Å². The second-order valence-corrected chi connectivity index (χ2v) is 4.68. The lowest BCUT2D eigenvalue weighted by molar-refractivity contribution is 0.0952. The van der Waals surface area contributed by atoms with Crippen molar-refractivity contribution < 1.29 is 4.79 Å². The minimum absolute atomic E-state index is 0.0368. The average Bonchev–Trinajstić information content (AvgIpc) is 3.14. The Balaban J connectivity index is 1.91. The van der Waals surface area contributed by atoms with Crippen LogP contribution in [-0.4, -0.2) is 19.0 Å². The van der Waals surface area contributed by atoms with Crippen molar-refractivity contribution in [2.75, 3.05) is 13.1 Å². The number of benzene rings is 1. The van der Waals surface area contributed by atoms with Crippen molar-refractivity contribution in [3.63, 3.8) is 0 Å². The van der Waals surface area contributed by atoms with Gasteiger partial charge in [-0.2, -0.15) is 0 Å². The van der Waals surface area contributed by atoms with E-state index in [-0.39, 0.29) is 5.91 Å². The van der Waals surface area contributed by atoms with Crippen molar-refractivity contribution in [2.24, 2.45) is 11.7 Å². The van der Waals surface area contributed by atoms with Crippen LogP contribution in [0.1, 0.15) is 35.2 Å². The predicted molar refractivity (Wildman–Crippen MR) is 68.9 cm³/mol. The normalized spacial score (nSPS) is 14.6. The van der Waals surface area contributed by atoms with Crippen molar-refractivity contribution in [1.82, 2.24) is 5.32 Å². The Bertz CT molecular complexity index is 386. The molecule has 1 saturated carbocycles. The molecular formula is C14H20N2O. The number of hydrogen-bond acceptors (Lipinski definition) is 2. The summed E-state index contributed by atoms with van der Waals surface area (Å²) in [5.41, 5.74) is 7.36. The molecule has 1 aliphatic rings. The van der Waals surface area contributed by atoms with Crippen molar-refractivity contribution in [3.8, 4) is 0 Å². The molecule has 1 aliphatic carbocycles. The van der Waals surface area contributed by atoms with E-state index in [1.165, 1.54) is 12.8 Å². The third kappa shape index (κ3) is 3.56. The molecule has 92 valence electrons. The third-order valence-electron chi connectivity index (χ3n) is 3.21. The Morgan fingerprint density at radius 1 is 1.35 bits per heavy atom. The van der Waals surface area contributed by atoms with Crippen molar-refractivity contribution >= 4 is 5.91 Å². The van der Waals surface area contributed by atoms with Crippen LogP contribution in [0.3, 0.4) is 0 Å². The average molecular weight is 232 g/mol. The highest BCUT2D eigenvalue weighted by molar-refractivity contribution is 5.95. The molecule has 1 amide bonds. The zero-order chi connectivity index (χ0) is 12.1. The van der Waals surface area contributed by atoms with E-state index in [0.29, 0.717) is 6.54 Å². The van der Waals surface area contributed by atoms with E-state index in [1.807, 2.05) is 24.3 Å². The Morgan fingerprint density at radius 3 is 2.82 bits per heavy atom. The summed E-state index contributed by atoms with van der Waals surface area (Å²) in [4.78, 5) is 12.0. The van der Waals surface area contributed by atoms with E-state index >= 15 is 0 Å². The fourth-order valence-electron chi connectivity index (χ4n) is 2.01. The molecule has 3 nitrogen and oxygen atoms in total. The molecule has 0 bridgehead atoms. The Hall–Kier alpha value is -1.35. The van der Waals surface area contributed by atoms with Gasteiger partial charge in [0, 0.05) is 12.1 Å². The molecule has 0 unspecified atom stereocenters. The number of rotatable bonds is 6. The molecule has 0 radical (unpaired) electrons. The van der Waals surface area contributed by atoms with Crippen molar-refractivity contribution in [2.45, 2.75) is 25.7 Å². The van der Waals surface area contributed by atoms with Gasteiger partial charge >= 0.3 is 0 Å². The second kappa shape index (κ2) is 5.82. The second-order valence-electron chi connectivity index (χ2n) is 4.68. The maximum absolute atomic E-state index is 12.0. The Morgan fingerprint density at radius 2 is 2.12 bits per heavy atom. The topological polar surface area (TPSA) is 55.1 Å². The van der Waals surface area contributed by atoms with Crippen molar-refractivity contribution in [1.29, 1.82) is 0 Å². The summed E-state index contributed by atoms with van der Waals surface area (Å²) in [5.74, 6) is 0.893. The van der Waals surface area contributed by atoms with Crippen LogP contribution >= 0.6 is 0 Å². The van der Waals surface area contributed by atoms with Crippen LogP contribution in [0.25, 0.3) is 0 Å². The van der Waals surface area contributed by atoms with E-state index in [0.717, 1.165) is 36.4 Å². The number of hydrogen-bond donors (Lipinski definition) is 2. The molecule has 0 aliphatic heterocycles. The van der Waals surface area contributed by atoms with Gasteiger partial charge in [0.15, 0.2) is 0 Å². The molecule has 17 heavy (non-hydrogen) atoms. The quantitative estimate of drug-likeness (QED) is 0.784. The van der Waals surface area contributed by atoms with E-state index in [4.69, 9.17) is 5.73 Å². The fourth-order valence-corrected chi connectivity index (χ4v) is 2.01. The van der Waals surface area contributed by atoms with Gasteiger partial charge in [-0.15, -0.1) is 0 Å². The van der Waals surface area contributed by atoms with Crippen LogP contribution in [-0.2, 0) is 6.42 Å². The van der Waals surface area contributed by atoms with Crippen LogP contribution in [0, 0.1) is 5.92 Å². The molecule has 2 rings (SSSR count). The first kappa shape index (κ1) is 12.1. The molecule has 1 aromatic rings. The lowest BCUT2D eigenvalue weighted by atomic mass is 10.0. The summed E-state index contributed by atoms with van der Waals surface area (Å²) in [6, 6.07) is 7.70. The molecule has 3 heteroatoms. The molecule has 1 fully saturated rings. The smallest absolute Gasteiger partial charge is 0.251 e. The largest absolute Gasteiger partial charge is 0.352 e. The van der Waals surface area contributed by atoms with E-state index in [2.05, 4.69) is 5.32 Å². The van der Waals surface area contributed by atoms with Gasteiger partial charge in [-0.25, -0.2) is 0 Å². The minimum Gasteiger partial charge on any atom is -0.352 e. The molecule has 0 saturated heterocycles. The molecule has 3 N–H and O–H groups in total. The lowest BCUT2D eigenvalue weighted by Crippen LogP contribution is -2.26. The standard InChI is InChI=1S/C14H20N2O/c15-9-7-12-3-1-2-4-13(12)14(17)16-10-8-11-5-6-11/h1-4,11H,5-10,15H2,(H,16,17). The summed E-state index contributed by atoms with van der Waals surface area (Å²) in [7, 11) is 0. The number of nitrogens with two attached hydrogens (primary N) is 1. The van der Waals surface area contributed by atoms with Gasteiger partial charge in [-0.3, -0.25) is 4.79 Å². The molecule has 1 aromatic carbocycles.